The normalized spacial score (nSPS) is 19.9. The van der Waals surface area contributed by atoms with Crippen LogP contribution in [0.25, 0.3) is 0 Å². The van der Waals surface area contributed by atoms with Crippen molar-refractivity contribution in [3.63, 3.8) is 0 Å². The van der Waals surface area contributed by atoms with Gasteiger partial charge in [-0.25, -0.2) is 0 Å². The Morgan fingerprint density at radius 3 is 2.94 bits per heavy atom. The molecule has 6 heteroatoms. The molecular weight excluding hydrogens is 224 g/mol. The van der Waals surface area contributed by atoms with Gasteiger partial charge in [0.25, 0.3) is 0 Å². The van der Waals surface area contributed by atoms with Gasteiger partial charge in [0.15, 0.2) is 5.82 Å². The fourth-order valence-corrected chi connectivity index (χ4v) is 2.22. The summed E-state index contributed by atoms with van der Waals surface area (Å²) in [6.45, 7) is 6.32. The van der Waals surface area contributed by atoms with Gasteiger partial charge in [-0.2, -0.15) is 16.7 Å². The van der Waals surface area contributed by atoms with Gasteiger partial charge >= 0.3 is 0 Å². The van der Waals surface area contributed by atoms with Crippen molar-refractivity contribution in [2.45, 2.75) is 18.7 Å². The molecule has 0 aliphatic carbocycles. The first-order valence-corrected chi connectivity index (χ1v) is 6.97. The minimum Gasteiger partial charge on any atom is -0.338 e. The lowest BCUT2D eigenvalue weighted by atomic mass is 10.2. The molecule has 0 amide bonds. The van der Waals surface area contributed by atoms with E-state index in [0.717, 1.165) is 43.6 Å². The van der Waals surface area contributed by atoms with Gasteiger partial charge in [0.1, 0.15) is 0 Å². The van der Waals surface area contributed by atoms with Crippen LogP contribution in [-0.2, 0) is 5.75 Å². The summed E-state index contributed by atoms with van der Waals surface area (Å²) >= 11 is 1.70. The summed E-state index contributed by atoms with van der Waals surface area (Å²) in [6.07, 6.45) is 2.03. The van der Waals surface area contributed by atoms with Gasteiger partial charge in [-0.1, -0.05) is 5.16 Å². The van der Waals surface area contributed by atoms with Gasteiger partial charge in [-0.05, 0) is 13.2 Å². The third kappa shape index (κ3) is 2.75. The van der Waals surface area contributed by atoms with E-state index in [9.17, 15) is 0 Å². The molecular formula is C10H18N4OS. The van der Waals surface area contributed by atoms with Crippen LogP contribution < -0.4 is 5.32 Å². The summed E-state index contributed by atoms with van der Waals surface area (Å²) in [5.41, 5.74) is 0. The number of rotatable bonds is 4. The maximum absolute atomic E-state index is 5.19. The van der Waals surface area contributed by atoms with Gasteiger partial charge in [0, 0.05) is 26.2 Å². The van der Waals surface area contributed by atoms with Crippen molar-refractivity contribution in [2.24, 2.45) is 0 Å². The monoisotopic (exact) mass is 242 g/mol. The molecule has 0 saturated carbocycles. The second-order valence-electron chi connectivity index (χ2n) is 3.94. The van der Waals surface area contributed by atoms with Crippen LogP contribution in [0.5, 0.6) is 0 Å². The molecule has 1 atom stereocenters. The van der Waals surface area contributed by atoms with Crippen molar-refractivity contribution in [2.75, 3.05) is 32.4 Å². The van der Waals surface area contributed by atoms with Crippen LogP contribution in [-0.4, -0.2) is 47.5 Å². The Morgan fingerprint density at radius 1 is 1.50 bits per heavy atom. The highest BCUT2D eigenvalue weighted by atomic mass is 32.2. The Hall–Kier alpha value is -0.590. The molecule has 0 aromatic carbocycles. The molecule has 2 heterocycles. The quantitative estimate of drug-likeness (QED) is 0.846. The molecule has 0 spiro atoms. The van der Waals surface area contributed by atoms with Crippen molar-refractivity contribution < 1.29 is 4.52 Å². The third-order valence-electron chi connectivity index (χ3n) is 2.82. The number of hydrogen-bond donors (Lipinski definition) is 1. The first kappa shape index (κ1) is 11.9. The molecule has 1 saturated heterocycles. The molecule has 1 aliphatic rings. The summed E-state index contributed by atoms with van der Waals surface area (Å²) in [5.74, 6) is 2.33. The first-order valence-electron chi connectivity index (χ1n) is 5.57. The largest absolute Gasteiger partial charge is 0.338 e. The van der Waals surface area contributed by atoms with Crippen molar-refractivity contribution in [1.29, 1.82) is 0 Å². The highest BCUT2D eigenvalue weighted by molar-refractivity contribution is 7.97. The van der Waals surface area contributed by atoms with Gasteiger partial charge in [-0.3, -0.25) is 4.90 Å². The number of nitrogens with one attached hydrogen (secondary N) is 1. The summed E-state index contributed by atoms with van der Waals surface area (Å²) < 4.78 is 5.19. The zero-order valence-corrected chi connectivity index (χ0v) is 10.6. The number of hydrogen-bond acceptors (Lipinski definition) is 6. The molecule has 90 valence electrons. The van der Waals surface area contributed by atoms with Crippen molar-refractivity contribution in [3.05, 3.63) is 11.7 Å². The highest BCUT2D eigenvalue weighted by Gasteiger charge is 2.22. The molecule has 1 N–H and O–H groups in total. The minimum atomic E-state index is 0.251. The topological polar surface area (TPSA) is 54.2 Å². The molecule has 1 unspecified atom stereocenters. The second kappa shape index (κ2) is 5.65. The lowest BCUT2D eigenvalue weighted by Crippen LogP contribution is -2.44. The fraction of sp³-hybridized carbons (Fsp3) is 0.800. The second-order valence-corrected chi connectivity index (χ2v) is 4.81. The van der Waals surface area contributed by atoms with E-state index in [-0.39, 0.29) is 6.04 Å². The standard InChI is InChI=1S/C10H18N4OS/c1-8(14-5-3-11-4-6-14)10-12-9(7-16-2)15-13-10/h8,11H,3-7H2,1-2H3. The summed E-state index contributed by atoms with van der Waals surface area (Å²) in [6, 6.07) is 0.251. The number of aromatic nitrogens is 2. The summed E-state index contributed by atoms with van der Waals surface area (Å²) in [5, 5.41) is 7.39. The Labute approximate surface area is 100.0 Å². The molecule has 2 rings (SSSR count). The smallest absolute Gasteiger partial charge is 0.236 e. The lowest BCUT2D eigenvalue weighted by Gasteiger charge is -2.30. The maximum atomic E-state index is 5.19. The van der Waals surface area contributed by atoms with E-state index in [1.165, 1.54) is 0 Å². The Morgan fingerprint density at radius 2 is 2.25 bits per heavy atom. The van der Waals surface area contributed by atoms with Gasteiger partial charge < -0.3 is 9.84 Å². The van der Waals surface area contributed by atoms with Crippen LogP contribution in [0.4, 0.5) is 0 Å². The average Bonchev–Trinajstić information content (AvgIpc) is 2.78. The van der Waals surface area contributed by atoms with Crippen LogP contribution in [0.1, 0.15) is 24.7 Å². The van der Waals surface area contributed by atoms with E-state index >= 15 is 0 Å². The van der Waals surface area contributed by atoms with Crippen molar-refractivity contribution in [3.8, 4) is 0 Å². The van der Waals surface area contributed by atoms with E-state index in [1.54, 1.807) is 11.8 Å². The molecule has 0 radical (unpaired) electrons. The van der Waals surface area contributed by atoms with Crippen molar-refractivity contribution in [1.82, 2.24) is 20.4 Å². The number of nitrogens with zero attached hydrogens (tertiary/aromatic N) is 3. The SMILES string of the molecule is CSCc1nc(C(C)N2CCNCC2)no1. The molecule has 1 fully saturated rings. The van der Waals surface area contributed by atoms with Crippen LogP contribution in [0, 0.1) is 0 Å². The van der Waals surface area contributed by atoms with Crippen LogP contribution in [0.2, 0.25) is 0 Å². The molecule has 1 aromatic heterocycles. The predicted octanol–water partition coefficient (Wildman–Crippen LogP) is 0.899. The fourth-order valence-electron chi connectivity index (χ4n) is 1.85. The first-order chi connectivity index (χ1) is 7.81. The predicted molar refractivity (Wildman–Crippen MR) is 64.4 cm³/mol. The Bertz CT molecular complexity index is 324. The summed E-state index contributed by atoms with van der Waals surface area (Å²) in [4.78, 5) is 6.79. The van der Waals surface area contributed by atoms with Gasteiger partial charge in [-0.15, -0.1) is 0 Å². The van der Waals surface area contributed by atoms with E-state index < -0.39 is 0 Å². The van der Waals surface area contributed by atoms with Crippen molar-refractivity contribution >= 4 is 11.8 Å². The van der Waals surface area contributed by atoms with Crippen LogP contribution >= 0.6 is 11.8 Å². The van der Waals surface area contributed by atoms with E-state index in [4.69, 9.17) is 4.52 Å². The molecule has 1 aliphatic heterocycles. The molecule has 5 nitrogen and oxygen atoms in total. The van der Waals surface area contributed by atoms with E-state index in [2.05, 4.69) is 27.3 Å². The Balaban J connectivity index is 1.98. The third-order valence-corrected chi connectivity index (χ3v) is 3.36. The molecule has 16 heavy (non-hydrogen) atoms. The van der Waals surface area contributed by atoms with Gasteiger partial charge in [0.2, 0.25) is 5.89 Å². The number of thioether (sulfide) groups is 1. The Kier molecular flexibility index (Phi) is 4.20. The zero-order valence-electron chi connectivity index (χ0n) is 9.77. The minimum absolute atomic E-state index is 0.251. The lowest BCUT2D eigenvalue weighted by molar-refractivity contribution is 0.176. The van der Waals surface area contributed by atoms with Crippen LogP contribution in [0.15, 0.2) is 4.52 Å². The maximum Gasteiger partial charge on any atom is 0.236 e. The van der Waals surface area contributed by atoms with Crippen LogP contribution in [0.3, 0.4) is 0 Å². The highest BCUT2D eigenvalue weighted by Crippen LogP contribution is 2.18. The van der Waals surface area contributed by atoms with E-state index in [1.807, 2.05) is 6.26 Å². The van der Waals surface area contributed by atoms with Gasteiger partial charge in [0.05, 0.1) is 11.8 Å². The number of piperazine rings is 1. The molecule has 1 aromatic rings. The van der Waals surface area contributed by atoms with E-state index in [0.29, 0.717) is 0 Å². The molecule has 0 bridgehead atoms. The average molecular weight is 242 g/mol. The summed E-state index contributed by atoms with van der Waals surface area (Å²) in [7, 11) is 0. The zero-order chi connectivity index (χ0) is 11.4.